The average Bonchev–Trinajstić information content (AvgIpc) is 2.87. The van der Waals surface area contributed by atoms with Gasteiger partial charge in [-0.1, -0.05) is 33.8 Å². The van der Waals surface area contributed by atoms with Gasteiger partial charge in [-0.15, -0.1) is 0 Å². The molecule has 1 nitrogen and oxygen atoms in total. The number of thioether (sulfide) groups is 1. The minimum absolute atomic E-state index is 0.346. The number of aryl methyl sites for hydroxylation is 1. The predicted octanol–water partition coefficient (Wildman–Crippen LogP) is 5.27. The number of hydrogen-bond acceptors (Lipinski definition) is 2. The first-order valence-electron chi connectivity index (χ1n) is 8.41. The van der Waals surface area contributed by atoms with E-state index in [0.29, 0.717) is 15.6 Å². The predicted molar refractivity (Wildman–Crippen MR) is 92.8 cm³/mol. The molecule has 2 aliphatic rings. The van der Waals surface area contributed by atoms with E-state index >= 15 is 0 Å². The van der Waals surface area contributed by atoms with Crippen molar-refractivity contribution in [3.63, 3.8) is 0 Å². The highest BCUT2D eigenvalue weighted by Crippen LogP contribution is 2.73. The van der Waals surface area contributed by atoms with Crippen molar-refractivity contribution in [1.82, 2.24) is 4.98 Å². The Kier molecular flexibility index (Phi) is 3.67. The van der Waals surface area contributed by atoms with Crippen LogP contribution in [0.15, 0.2) is 18.2 Å². The Labute approximate surface area is 134 Å². The summed E-state index contributed by atoms with van der Waals surface area (Å²) in [6, 6.07) is 6.51. The third kappa shape index (κ3) is 2.09. The molecule has 3 rings (SSSR count). The zero-order valence-corrected chi connectivity index (χ0v) is 15.0. The van der Waals surface area contributed by atoms with Crippen LogP contribution in [0.4, 0.5) is 0 Å². The Hall–Kier alpha value is -0.500. The van der Waals surface area contributed by atoms with Gasteiger partial charge < -0.3 is 0 Å². The van der Waals surface area contributed by atoms with Gasteiger partial charge in [-0.3, -0.25) is 4.98 Å². The normalized spacial score (nSPS) is 37.1. The Morgan fingerprint density at radius 1 is 1.29 bits per heavy atom. The molecule has 21 heavy (non-hydrogen) atoms. The van der Waals surface area contributed by atoms with Crippen LogP contribution in [0.25, 0.3) is 0 Å². The first kappa shape index (κ1) is 15.4. The molecular weight excluding hydrogens is 274 g/mol. The van der Waals surface area contributed by atoms with Gasteiger partial charge in [0.2, 0.25) is 0 Å². The fourth-order valence-corrected chi connectivity index (χ4v) is 7.20. The maximum absolute atomic E-state index is 4.83. The number of pyridine rings is 1. The van der Waals surface area contributed by atoms with Crippen LogP contribution >= 0.6 is 11.8 Å². The summed E-state index contributed by atoms with van der Waals surface area (Å²) in [4.78, 5) is 4.83. The Bertz CT molecular complexity index is 531. The van der Waals surface area contributed by atoms with E-state index in [1.165, 1.54) is 30.7 Å². The summed E-state index contributed by atoms with van der Waals surface area (Å²) in [5, 5.41) is 0. The lowest BCUT2D eigenvalue weighted by atomic mass is 9.61. The standard InChI is InChI=1S/C19H29NS/c1-6-21-19(13-16-9-7-8-14(2)20-16)17(3,4)15-10-11-18(19,5)12-15/h7-9,15H,6,10-13H2,1-5H3/t15-,18+,19-/m0/s1. The van der Waals surface area contributed by atoms with Crippen molar-refractivity contribution >= 4 is 11.8 Å². The molecule has 2 fully saturated rings. The van der Waals surface area contributed by atoms with Gasteiger partial charge in [0.1, 0.15) is 0 Å². The molecular formula is C19H29NS. The molecule has 2 aliphatic carbocycles. The number of rotatable bonds is 4. The van der Waals surface area contributed by atoms with Crippen molar-refractivity contribution < 1.29 is 0 Å². The molecule has 0 unspecified atom stereocenters. The SMILES string of the molecule is CCS[C@@]1(Cc2cccc(C)n2)C(C)(C)[C@H]2CC[C@]1(C)C2. The third-order valence-electron chi connectivity index (χ3n) is 6.54. The Morgan fingerprint density at radius 3 is 2.62 bits per heavy atom. The monoisotopic (exact) mass is 303 g/mol. The highest BCUT2D eigenvalue weighted by Gasteiger charge is 2.68. The van der Waals surface area contributed by atoms with Crippen molar-refractivity contribution in [1.29, 1.82) is 0 Å². The highest BCUT2D eigenvalue weighted by atomic mass is 32.2. The molecule has 0 aliphatic heterocycles. The fourth-order valence-electron chi connectivity index (χ4n) is 5.38. The van der Waals surface area contributed by atoms with Crippen LogP contribution in [-0.2, 0) is 6.42 Å². The van der Waals surface area contributed by atoms with E-state index in [1.54, 1.807) is 0 Å². The van der Waals surface area contributed by atoms with Crippen LogP contribution in [0.3, 0.4) is 0 Å². The summed E-state index contributed by atoms with van der Waals surface area (Å²) in [7, 11) is 0. The van der Waals surface area contributed by atoms with Gasteiger partial charge in [0.05, 0.1) is 0 Å². The largest absolute Gasteiger partial charge is 0.258 e. The van der Waals surface area contributed by atoms with Crippen LogP contribution in [0.2, 0.25) is 0 Å². The lowest BCUT2D eigenvalue weighted by Crippen LogP contribution is -2.53. The van der Waals surface area contributed by atoms with Crippen molar-refractivity contribution in [3.8, 4) is 0 Å². The second-order valence-electron chi connectivity index (χ2n) is 7.93. The molecule has 116 valence electrons. The molecule has 1 aromatic rings. The summed E-state index contributed by atoms with van der Waals surface area (Å²) in [5.41, 5.74) is 3.33. The average molecular weight is 304 g/mol. The summed E-state index contributed by atoms with van der Waals surface area (Å²) in [5.74, 6) is 2.10. The molecule has 0 amide bonds. The van der Waals surface area contributed by atoms with E-state index in [-0.39, 0.29) is 0 Å². The molecule has 0 saturated heterocycles. The van der Waals surface area contributed by atoms with Crippen LogP contribution in [0.5, 0.6) is 0 Å². The van der Waals surface area contributed by atoms with Crippen molar-refractivity contribution in [2.24, 2.45) is 16.7 Å². The highest BCUT2D eigenvalue weighted by molar-refractivity contribution is 8.00. The molecule has 1 aromatic heterocycles. The zero-order valence-electron chi connectivity index (χ0n) is 14.2. The lowest BCUT2D eigenvalue weighted by molar-refractivity contribution is 0.107. The maximum Gasteiger partial charge on any atom is 0.0421 e. The smallest absolute Gasteiger partial charge is 0.0421 e. The van der Waals surface area contributed by atoms with Crippen LogP contribution in [0.1, 0.15) is 58.3 Å². The summed E-state index contributed by atoms with van der Waals surface area (Å²) < 4.78 is 0.346. The number of fused-ring (bicyclic) bond motifs is 2. The number of aromatic nitrogens is 1. The molecule has 2 saturated carbocycles. The van der Waals surface area contributed by atoms with E-state index in [4.69, 9.17) is 4.98 Å². The Balaban J connectivity index is 2.03. The Morgan fingerprint density at radius 2 is 2.05 bits per heavy atom. The van der Waals surface area contributed by atoms with E-state index in [9.17, 15) is 0 Å². The quantitative estimate of drug-likeness (QED) is 0.751. The van der Waals surface area contributed by atoms with Gasteiger partial charge >= 0.3 is 0 Å². The van der Waals surface area contributed by atoms with E-state index in [1.807, 2.05) is 0 Å². The molecule has 2 heteroatoms. The molecule has 2 bridgehead atoms. The molecule has 0 spiro atoms. The number of nitrogens with zero attached hydrogens (tertiary/aromatic N) is 1. The van der Waals surface area contributed by atoms with Crippen LogP contribution in [-0.4, -0.2) is 15.5 Å². The minimum Gasteiger partial charge on any atom is -0.258 e. The van der Waals surface area contributed by atoms with Crippen LogP contribution < -0.4 is 0 Å². The molecule has 0 aromatic carbocycles. The third-order valence-corrected chi connectivity index (χ3v) is 8.49. The van der Waals surface area contributed by atoms with Crippen molar-refractivity contribution in [2.45, 2.75) is 65.0 Å². The van der Waals surface area contributed by atoms with Gasteiger partial charge in [-0.05, 0) is 60.8 Å². The fraction of sp³-hybridized carbons (Fsp3) is 0.737. The van der Waals surface area contributed by atoms with E-state index in [2.05, 4.69) is 64.6 Å². The van der Waals surface area contributed by atoms with Gasteiger partial charge in [0.15, 0.2) is 0 Å². The summed E-state index contributed by atoms with van der Waals surface area (Å²) in [6.07, 6.45) is 5.38. The number of hydrogen-bond donors (Lipinski definition) is 0. The minimum atomic E-state index is 0.346. The van der Waals surface area contributed by atoms with Crippen molar-refractivity contribution in [3.05, 3.63) is 29.6 Å². The summed E-state index contributed by atoms with van der Waals surface area (Å²) >= 11 is 2.22. The van der Waals surface area contributed by atoms with Gasteiger partial charge in [0.25, 0.3) is 0 Å². The van der Waals surface area contributed by atoms with Gasteiger partial charge in [0, 0.05) is 22.6 Å². The second-order valence-corrected chi connectivity index (χ2v) is 9.49. The van der Waals surface area contributed by atoms with E-state index in [0.717, 1.165) is 18.0 Å². The maximum atomic E-state index is 4.83. The molecule has 1 heterocycles. The summed E-state index contributed by atoms with van der Waals surface area (Å²) in [6.45, 7) is 12.0. The first-order chi connectivity index (χ1) is 9.85. The van der Waals surface area contributed by atoms with Gasteiger partial charge in [-0.25, -0.2) is 0 Å². The molecule has 0 radical (unpaired) electrons. The zero-order chi connectivity index (χ0) is 15.3. The lowest BCUT2D eigenvalue weighted by Gasteiger charge is -2.54. The molecule has 3 atom stereocenters. The van der Waals surface area contributed by atoms with Gasteiger partial charge in [-0.2, -0.15) is 11.8 Å². The first-order valence-corrected chi connectivity index (χ1v) is 9.40. The van der Waals surface area contributed by atoms with E-state index < -0.39 is 0 Å². The second kappa shape index (κ2) is 5.01. The van der Waals surface area contributed by atoms with Crippen molar-refractivity contribution in [2.75, 3.05) is 5.75 Å². The topological polar surface area (TPSA) is 12.9 Å². The van der Waals surface area contributed by atoms with Crippen LogP contribution in [0, 0.1) is 23.7 Å². The molecule has 0 N–H and O–H groups in total.